The van der Waals surface area contributed by atoms with E-state index in [1.54, 1.807) is 7.11 Å². The van der Waals surface area contributed by atoms with E-state index < -0.39 is 0 Å². The van der Waals surface area contributed by atoms with E-state index in [0.29, 0.717) is 36.4 Å². The van der Waals surface area contributed by atoms with Gasteiger partial charge in [0.1, 0.15) is 12.4 Å². The molecule has 0 aromatic heterocycles. The van der Waals surface area contributed by atoms with Gasteiger partial charge in [0.15, 0.2) is 0 Å². The van der Waals surface area contributed by atoms with Crippen molar-refractivity contribution in [3.05, 3.63) is 23.8 Å². The molecular formula is C13H18BrNO3. The quantitative estimate of drug-likeness (QED) is 0.621. The summed E-state index contributed by atoms with van der Waals surface area (Å²) >= 11 is 3.24. The van der Waals surface area contributed by atoms with Crippen molar-refractivity contribution in [1.29, 1.82) is 0 Å². The van der Waals surface area contributed by atoms with Crippen molar-refractivity contribution in [2.75, 3.05) is 31.0 Å². The Morgan fingerprint density at radius 1 is 1.39 bits per heavy atom. The number of carbonyl (C=O) groups excluding carboxylic acids is 1. The van der Waals surface area contributed by atoms with Gasteiger partial charge in [-0.3, -0.25) is 4.79 Å². The summed E-state index contributed by atoms with van der Waals surface area (Å²) in [5, 5.41) is 3.47. The summed E-state index contributed by atoms with van der Waals surface area (Å²) in [4.78, 5) is 11.6. The first-order chi connectivity index (χ1) is 8.67. The average molecular weight is 316 g/mol. The Balaban J connectivity index is 2.72. The van der Waals surface area contributed by atoms with Crippen LogP contribution in [0.15, 0.2) is 18.2 Å². The second-order valence-electron chi connectivity index (χ2n) is 3.83. The van der Waals surface area contributed by atoms with Crippen molar-refractivity contribution >= 4 is 27.5 Å². The molecule has 1 rings (SSSR count). The minimum atomic E-state index is -0.0349. The first kappa shape index (κ1) is 15.0. The summed E-state index contributed by atoms with van der Waals surface area (Å²) in [5.74, 6) is 0.641. The summed E-state index contributed by atoms with van der Waals surface area (Å²) in [6, 6.07) is 5.69. The number of hydrogen-bond acceptors (Lipinski definition) is 3. The highest BCUT2D eigenvalue weighted by atomic mass is 79.9. The molecule has 0 fully saturated rings. The molecule has 4 nitrogen and oxygen atoms in total. The molecule has 0 saturated carbocycles. The molecule has 18 heavy (non-hydrogen) atoms. The maximum absolute atomic E-state index is 11.6. The van der Waals surface area contributed by atoms with Crippen LogP contribution in [0.25, 0.3) is 0 Å². The summed E-state index contributed by atoms with van der Waals surface area (Å²) in [7, 11) is 1.62. The Hall–Kier alpha value is -1.07. The van der Waals surface area contributed by atoms with Crippen molar-refractivity contribution in [3.63, 3.8) is 0 Å². The highest BCUT2D eigenvalue weighted by Crippen LogP contribution is 2.25. The monoisotopic (exact) mass is 315 g/mol. The van der Waals surface area contributed by atoms with E-state index in [1.165, 1.54) is 0 Å². The molecule has 1 amide bonds. The van der Waals surface area contributed by atoms with E-state index in [9.17, 15) is 4.79 Å². The highest BCUT2D eigenvalue weighted by molar-refractivity contribution is 9.09. The summed E-state index contributed by atoms with van der Waals surface area (Å²) in [6.45, 7) is 2.96. The molecule has 0 atom stereocenters. The molecule has 0 unspecified atom stereocenters. The highest BCUT2D eigenvalue weighted by Gasteiger charge is 2.07. The largest absolute Gasteiger partial charge is 0.489 e. The zero-order valence-electron chi connectivity index (χ0n) is 10.7. The molecule has 5 heteroatoms. The zero-order valence-corrected chi connectivity index (χ0v) is 12.2. The number of carbonyl (C=O) groups is 1. The van der Waals surface area contributed by atoms with Crippen LogP contribution in [0, 0.1) is 6.92 Å². The number of halogens is 1. The molecule has 0 aliphatic rings. The van der Waals surface area contributed by atoms with E-state index in [1.807, 2.05) is 25.1 Å². The van der Waals surface area contributed by atoms with Crippen LogP contribution >= 0.6 is 15.9 Å². The fourth-order valence-electron chi connectivity index (χ4n) is 1.39. The third-order valence-corrected chi connectivity index (χ3v) is 2.67. The van der Waals surface area contributed by atoms with Gasteiger partial charge in [0.2, 0.25) is 5.91 Å². The number of methoxy groups -OCH3 is 1. The number of alkyl halides is 1. The number of ether oxygens (including phenoxy) is 2. The SMILES string of the molecule is COCCOc1cc(C)ccc1NC(=O)CCBr. The molecule has 1 aromatic carbocycles. The average Bonchev–Trinajstić information content (AvgIpc) is 2.33. The predicted molar refractivity (Wildman–Crippen MR) is 75.6 cm³/mol. The third kappa shape index (κ3) is 5.06. The minimum absolute atomic E-state index is 0.0349. The smallest absolute Gasteiger partial charge is 0.225 e. The summed E-state index contributed by atoms with van der Waals surface area (Å²) in [6.07, 6.45) is 0.436. The molecule has 0 heterocycles. The summed E-state index contributed by atoms with van der Waals surface area (Å²) in [5.41, 5.74) is 1.78. The Morgan fingerprint density at radius 2 is 2.17 bits per heavy atom. The van der Waals surface area contributed by atoms with Gasteiger partial charge in [-0.2, -0.15) is 0 Å². The standard InChI is InChI=1S/C13H18BrNO3/c1-10-3-4-11(15-13(16)5-6-14)12(9-10)18-8-7-17-2/h3-4,9H,5-8H2,1-2H3,(H,15,16). The van der Waals surface area contributed by atoms with E-state index >= 15 is 0 Å². The molecule has 1 N–H and O–H groups in total. The molecule has 0 radical (unpaired) electrons. The fourth-order valence-corrected chi connectivity index (χ4v) is 1.75. The maximum atomic E-state index is 11.6. The lowest BCUT2D eigenvalue weighted by atomic mass is 10.2. The fraction of sp³-hybridized carbons (Fsp3) is 0.462. The number of hydrogen-bond donors (Lipinski definition) is 1. The van der Waals surface area contributed by atoms with E-state index in [2.05, 4.69) is 21.2 Å². The number of anilines is 1. The Labute approximate surface area is 116 Å². The van der Waals surface area contributed by atoms with Crippen LogP contribution in [0.2, 0.25) is 0 Å². The second kappa shape index (κ2) is 8.11. The van der Waals surface area contributed by atoms with Crippen LogP contribution in [-0.2, 0) is 9.53 Å². The van der Waals surface area contributed by atoms with Crippen LogP contribution in [0.3, 0.4) is 0 Å². The molecule has 100 valence electrons. The van der Waals surface area contributed by atoms with Gasteiger partial charge in [0.25, 0.3) is 0 Å². The lowest BCUT2D eigenvalue weighted by Crippen LogP contribution is -2.13. The Kier molecular flexibility index (Phi) is 6.75. The van der Waals surface area contributed by atoms with E-state index in [4.69, 9.17) is 9.47 Å². The minimum Gasteiger partial charge on any atom is -0.489 e. The van der Waals surface area contributed by atoms with E-state index in [0.717, 1.165) is 5.56 Å². The third-order valence-electron chi connectivity index (χ3n) is 2.28. The molecule has 0 saturated heterocycles. The van der Waals surface area contributed by atoms with Gasteiger partial charge < -0.3 is 14.8 Å². The van der Waals surface area contributed by atoms with Crippen LogP contribution in [0.4, 0.5) is 5.69 Å². The van der Waals surface area contributed by atoms with Crippen molar-refractivity contribution in [3.8, 4) is 5.75 Å². The number of rotatable bonds is 7. The van der Waals surface area contributed by atoms with Gasteiger partial charge >= 0.3 is 0 Å². The van der Waals surface area contributed by atoms with Gasteiger partial charge in [-0.25, -0.2) is 0 Å². The Bertz CT molecular complexity index is 396. The van der Waals surface area contributed by atoms with Crippen molar-refractivity contribution < 1.29 is 14.3 Å². The van der Waals surface area contributed by atoms with Crippen LogP contribution < -0.4 is 10.1 Å². The molecule has 0 aliphatic heterocycles. The van der Waals surface area contributed by atoms with Crippen molar-refractivity contribution in [2.45, 2.75) is 13.3 Å². The van der Waals surface area contributed by atoms with Crippen molar-refractivity contribution in [2.24, 2.45) is 0 Å². The van der Waals surface area contributed by atoms with Crippen molar-refractivity contribution in [1.82, 2.24) is 0 Å². The number of amides is 1. The van der Waals surface area contributed by atoms with Gasteiger partial charge in [0, 0.05) is 18.9 Å². The normalized spacial score (nSPS) is 10.2. The van der Waals surface area contributed by atoms with Crippen LogP contribution in [0.1, 0.15) is 12.0 Å². The predicted octanol–water partition coefficient (Wildman–Crippen LogP) is 2.74. The molecule has 0 spiro atoms. The number of aryl methyl sites for hydroxylation is 1. The lowest BCUT2D eigenvalue weighted by Gasteiger charge is -2.13. The maximum Gasteiger partial charge on any atom is 0.225 e. The zero-order chi connectivity index (χ0) is 13.4. The second-order valence-corrected chi connectivity index (χ2v) is 4.62. The van der Waals surface area contributed by atoms with Crippen LogP contribution in [0.5, 0.6) is 5.75 Å². The molecule has 0 bridgehead atoms. The molecular weight excluding hydrogens is 298 g/mol. The van der Waals surface area contributed by atoms with Crippen LogP contribution in [-0.4, -0.2) is 31.6 Å². The van der Waals surface area contributed by atoms with E-state index in [-0.39, 0.29) is 5.91 Å². The Morgan fingerprint density at radius 3 is 2.83 bits per heavy atom. The number of benzene rings is 1. The topological polar surface area (TPSA) is 47.6 Å². The first-order valence-electron chi connectivity index (χ1n) is 5.75. The summed E-state index contributed by atoms with van der Waals surface area (Å²) < 4.78 is 10.5. The lowest BCUT2D eigenvalue weighted by molar-refractivity contribution is -0.115. The van der Waals surface area contributed by atoms with Gasteiger partial charge in [-0.15, -0.1) is 0 Å². The molecule has 0 aliphatic carbocycles. The first-order valence-corrected chi connectivity index (χ1v) is 6.87. The number of nitrogens with one attached hydrogen (secondary N) is 1. The van der Waals surface area contributed by atoms with Gasteiger partial charge in [-0.1, -0.05) is 22.0 Å². The molecule has 1 aromatic rings. The van der Waals surface area contributed by atoms with Gasteiger partial charge in [0.05, 0.1) is 12.3 Å². The van der Waals surface area contributed by atoms with Gasteiger partial charge in [-0.05, 0) is 24.6 Å².